The lowest BCUT2D eigenvalue weighted by Gasteiger charge is -2.04. The van der Waals surface area contributed by atoms with E-state index < -0.39 is 4.92 Å². The monoisotopic (exact) mass is 305 g/mol. The average Bonchev–Trinajstić information content (AvgIpc) is 2.46. The Morgan fingerprint density at radius 2 is 2.00 bits per heavy atom. The molecule has 0 radical (unpaired) electrons. The van der Waals surface area contributed by atoms with Crippen molar-refractivity contribution in [1.82, 2.24) is 0 Å². The lowest BCUT2D eigenvalue weighted by atomic mass is 10.1. The highest BCUT2D eigenvalue weighted by Gasteiger charge is 2.15. The molecule has 0 bridgehead atoms. The Morgan fingerprint density at radius 1 is 1.29 bits per heavy atom. The fraction of sp³-hybridized carbons (Fsp3) is 0.133. The summed E-state index contributed by atoms with van der Waals surface area (Å²) >= 11 is 1.07. The van der Waals surface area contributed by atoms with Gasteiger partial charge in [-0.2, -0.15) is 0 Å². The number of carbonyl (C=O) groups is 1. The van der Waals surface area contributed by atoms with E-state index in [2.05, 4.69) is 0 Å². The van der Waals surface area contributed by atoms with Crippen LogP contribution < -0.4 is 0 Å². The smallest absolute Gasteiger partial charge is 0.273 e. The molecule has 0 aliphatic heterocycles. The van der Waals surface area contributed by atoms with Crippen molar-refractivity contribution < 1.29 is 14.1 Å². The van der Waals surface area contributed by atoms with Crippen LogP contribution in [-0.2, 0) is 0 Å². The Bertz CT molecular complexity index is 703. The maximum Gasteiger partial charge on any atom is 0.273 e. The van der Waals surface area contributed by atoms with Crippen LogP contribution in [0.4, 0.5) is 10.1 Å². The van der Waals surface area contributed by atoms with Crippen molar-refractivity contribution in [2.75, 3.05) is 5.75 Å². The predicted molar refractivity (Wildman–Crippen MR) is 79.3 cm³/mol. The van der Waals surface area contributed by atoms with Crippen LogP contribution in [0.15, 0.2) is 47.4 Å². The van der Waals surface area contributed by atoms with Gasteiger partial charge in [-0.05, 0) is 19.1 Å². The summed E-state index contributed by atoms with van der Waals surface area (Å²) < 4.78 is 13.4. The van der Waals surface area contributed by atoms with Crippen molar-refractivity contribution in [1.29, 1.82) is 0 Å². The molecule has 2 aromatic carbocycles. The molecule has 0 saturated carbocycles. The molecular formula is C15H12FNO3S. The summed E-state index contributed by atoms with van der Waals surface area (Å²) in [4.78, 5) is 22.8. The molecular weight excluding hydrogens is 293 g/mol. The summed E-state index contributed by atoms with van der Waals surface area (Å²) in [6, 6.07) is 10.5. The van der Waals surface area contributed by atoms with E-state index in [1.165, 1.54) is 12.1 Å². The number of hydrogen-bond acceptors (Lipinski definition) is 4. The summed E-state index contributed by atoms with van der Waals surface area (Å²) in [5.41, 5.74) is 0.672. The van der Waals surface area contributed by atoms with Crippen LogP contribution in [0.1, 0.15) is 15.9 Å². The first-order valence-electron chi connectivity index (χ1n) is 6.14. The summed E-state index contributed by atoms with van der Waals surface area (Å²) in [5.74, 6) is -0.627. The van der Waals surface area contributed by atoms with E-state index >= 15 is 0 Å². The van der Waals surface area contributed by atoms with E-state index in [1.54, 1.807) is 37.3 Å². The number of ketones is 1. The van der Waals surface area contributed by atoms with Crippen LogP contribution in [0.3, 0.4) is 0 Å². The largest absolute Gasteiger partial charge is 0.293 e. The zero-order valence-electron chi connectivity index (χ0n) is 11.2. The highest BCUT2D eigenvalue weighted by Crippen LogP contribution is 2.24. The number of halogens is 1. The van der Waals surface area contributed by atoms with E-state index in [0.717, 1.165) is 11.8 Å². The third-order valence-corrected chi connectivity index (χ3v) is 3.97. The number of nitro benzene ring substituents is 1. The lowest BCUT2D eigenvalue weighted by Crippen LogP contribution is -2.04. The number of aryl methyl sites for hydroxylation is 1. The molecule has 0 saturated heterocycles. The topological polar surface area (TPSA) is 60.2 Å². The van der Waals surface area contributed by atoms with Crippen molar-refractivity contribution in [3.63, 3.8) is 0 Å². The fourth-order valence-corrected chi connectivity index (χ4v) is 2.60. The lowest BCUT2D eigenvalue weighted by molar-refractivity contribution is -0.385. The third-order valence-electron chi connectivity index (χ3n) is 2.92. The van der Waals surface area contributed by atoms with Gasteiger partial charge in [-0.25, -0.2) is 4.39 Å². The molecule has 4 nitrogen and oxygen atoms in total. The van der Waals surface area contributed by atoms with Gasteiger partial charge in [-0.15, -0.1) is 11.8 Å². The molecule has 0 aliphatic carbocycles. The van der Waals surface area contributed by atoms with Crippen LogP contribution in [0.5, 0.6) is 0 Å². The summed E-state index contributed by atoms with van der Waals surface area (Å²) in [7, 11) is 0. The second-order valence-electron chi connectivity index (χ2n) is 4.40. The Hall–Kier alpha value is -2.21. The van der Waals surface area contributed by atoms with E-state index in [1.807, 2.05) is 0 Å². The summed E-state index contributed by atoms with van der Waals surface area (Å²) in [6.45, 7) is 1.61. The van der Waals surface area contributed by atoms with Gasteiger partial charge in [-0.1, -0.05) is 24.3 Å². The van der Waals surface area contributed by atoms with Gasteiger partial charge in [0.25, 0.3) is 5.69 Å². The van der Waals surface area contributed by atoms with Gasteiger partial charge in [0.1, 0.15) is 5.82 Å². The molecule has 0 atom stereocenters. The number of hydrogen-bond donors (Lipinski definition) is 0. The Kier molecular flexibility index (Phi) is 4.70. The molecule has 0 N–H and O–H groups in total. The van der Waals surface area contributed by atoms with Crippen LogP contribution >= 0.6 is 11.8 Å². The Morgan fingerprint density at radius 3 is 2.67 bits per heavy atom. The van der Waals surface area contributed by atoms with E-state index in [-0.39, 0.29) is 28.6 Å². The second kappa shape index (κ2) is 6.49. The van der Waals surface area contributed by atoms with Gasteiger partial charge in [0.05, 0.1) is 10.7 Å². The minimum Gasteiger partial charge on any atom is -0.293 e. The first-order chi connectivity index (χ1) is 9.99. The normalized spacial score (nSPS) is 10.4. The zero-order chi connectivity index (χ0) is 15.4. The van der Waals surface area contributed by atoms with E-state index in [9.17, 15) is 19.3 Å². The van der Waals surface area contributed by atoms with E-state index in [0.29, 0.717) is 10.5 Å². The number of nitrogens with zero attached hydrogens (tertiary/aromatic N) is 1. The molecule has 0 aromatic heterocycles. The zero-order valence-corrected chi connectivity index (χ0v) is 12.0. The molecule has 108 valence electrons. The molecule has 0 unspecified atom stereocenters. The highest BCUT2D eigenvalue weighted by atomic mass is 32.2. The number of nitro groups is 1. The molecule has 21 heavy (non-hydrogen) atoms. The first-order valence-corrected chi connectivity index (χ1v) is 7.13. The van der Waals surface area contributed by atoms with Crippen LogP contribution in [-0.4, -0.2) is 16.5 Å². The van der Waals surface area contributed by atoms with E-state index in [4.69, 9.17) is 0 Å². The summed E-state index contributed by atoms with van der Waals surface area (Å²) in [5, 5.41) is 10.9. The quantitative estimate of drug-likeness (QED) is 0.362. The van der Waals surface area contributed by atoms with Crippen molar-refractivity contribution >= 4 is 23.2 Å². The van der Waals surface area contributed by atoms with Crippen LogP contribution in [0, 0.1) is 22.9 Å². The number of benzene rings is 2. The van der Waals surface area contributed by atoms with Crippen molar-refractivity contribution in [3.8, 4) is 0 Å². The third kappa shape index (κ3) is 3.66. The number of carbonyl (C=O) groups excluding carboxylic acids is 1. The molecule has 0 spiro atoms. The van der Waals surface area contributed by atoms with Gasteiger partial charge in [0, 0.05) is 22.1 Å². The standard InChI is InChI=1S/C15H12FNO3S/c1-10-6-7-11(8-13(10)17(19)20)14(18)9-21-15-5-3-2-4-12(15)16/h2-8H,9H2,1H3. The maximum atomic E-state index is 13.4. The number of thioether (sulfide) groups is 1. The van der Waals surface area contributed by atoms with Crippen molar-refractivity contribution in [2.24, 2.45) is 0 Å². The van der Waals surface area contributed by atoms with Gasteiger partial charge < -0.3 is 0 Å². The van der Waals surface area contributed by atoms with Gasteiger partial charge in [-0.3, -0.25) is 14.9 Å². The minimum absolute atomic E-state index is 0.0289. The molecule has 0 aliphatic rings. The molecule has 2 rings (SSSR count). The average molecular weight is 305 g/mol. The van der Waals surface area contributed by atoms with Crippen molar-refractivity contribution in [3.05, 3.63) is 69.5 Å². The second-order valence-corrected chi connectivity index (χ2v) is 5.42. The van der Waals surface area contributed by atoms with Gasteiger partial charge in [0.15, 0.2) is 5.78 Å². The molecule has 6 heteroatoms. The van der Waals surface area contributed by atoms with Crippen LogP contribution in [0.25, 0.3) is 0 Å². The van der Waals surface area contributed by atoms with Gasteiger partial charge >= 0.3 is 0 Å². The molecule has 0 heterocycles. The number of rotatable bonds is 5. The highest BCUT2D eigenvalue weighted by molar-refractivity contribution is 8.00. The van der Waals surface area contributed by atoms with Crippen molar-refractivity contribution in [2.45, 2.75) is 11.8 Å². The SMILES string of the molecule is Cc1ccc(C(=O)CSc2ccccc2F)cc1[N+](=O)[O-]. The Labute approximate surface area is 125 Å². The molecule has 2 aromatic rings. The molecule has 0 fully saturated rings. The number of Topliss-reactive ketones (excluding diaryl/α,β-unsaturated/α-hetero) is 1. The maximum absolute atomic E-state index is 13.4. The van der Waals surface area contributed by atoms with Gasteiger partial charge in [0.2, 0.25) is 0 Å². The summed E-state index contributed by atoms with van der Waals surface area (Å²) in [6.07, 6.45) is 0. The minimum atomic E-state index is -0.518. The first kappa shape index (κ1) is 15.2. The Balaban J connectivity index is 2.12. The fourth-order valence-electron chi connectivity index (χ4n) is 1.77. The molecule has 0 amide bonds. The van der Waals surface area contributed by atoms with Crippen LogP contribution in [0.2, 0.25) is 0 Å². The predicted octanol–water partition coefficient (Wildman–Crippen LogP) is 4.02.